The topological polar surface area (TPSA) is 30.9 Å². The van der Waals surface area contributed by atoms with E-state index in [1.54, 1.807) is 0 Å². The molecule has 4 aromatic carbocycles. The number of ether oxygens (including phenoxy) is 3. The summed E-state index contributed by atoms with van der Waals surface area (Å²) in [6, 6.07) is 41.5. The molecule has 1 saturated heterocycles. The van der Waals surface area contributed by atoms with Crippen LogP contribution in [0.5, 0.6) is 0 Å². The van der Waals surface area contributed by atoms with Gasteiger partial charge in [0.2, 0.25) is 0 Å². The highest BCUT2D eigenvalue weighted by Gasteiger charge is 2.42. The van der Waals surface area contributed by atoms with Crippen molar-refractivity contribution in [3.05, 3.63) is 156 Å². The standard InChI is InChI=1S/C35H37NO3/c1-28-22-36(23-29-14-6-2-7-15-29)33(27-37-24-30-16-8-3-9-17-30)35(39-26-32-20-12-5-13-21-32)34(28)38-25-31-18-10-4-11-19-31/h2-21,33-35H,1,22-27H2/t33-,34+,35-/m0/s1. The van der Waals surface area contributed by atoms with Crippen molar-refractivity contribution in [3.8, 4) is 0 Å². The predicted octanol–water partition coefficient (Wildman–Crippen LogP) is 6.81. The van der Waals surface area contributed by atoms with Crippen molar-refractivity contribution < 1.29 is 14.2 Å². The van der Waals surface area contributed by atoms with Crippen LogP contribution in [0.3, 0.4) is 0 Å². The molecule has 4 aromatic rings. The summed E-state index contributed by atoms with van der Waals surface area (Å²) in [5.41, 5.74) is 5.71. The molecule has 0 bridgehead atoms. The van der Waals surface area contributed by atoms with Gasteiger partial charge in [0.15, 0.2) is 0 Å². The van der Waals surface area contributed by atoms with E-state index in [1.807, 2.05) is 54.6 Å². The summed E-state index contributed by atoms with van der Waals surface area (Å²) in [7, 11) is 0. The van der Waals surface area contributed by atoms with Gasteiger partial charge < -0.3 is 14.2 Å². The monoisotopic (exact) mass is 519 g/mol. The van der Waals surface area contributed by atoms with Crippen molar-refractivity contribution >= 4 is 0 Å². The minimum Gasteiger partial charge on any atom is -0.375 e. The molecule has 0 aromatic heterocycles. The highest BCUT2D eigenvalue weighted by atomic mass is 16.5. The van der Waals surface area contributed by atoms with E-state index in [0.29, 0.717) is 26.4 Å². The maximum Gasteiger partial charge on any atom is 0.108 e. The molecule has 1 aliphatic rings. The van der Waals surface area contributed by atoms with Gasteiger partial charge in [0.1, 0.15) is 12.2 Å². The molecular weight excluding hydrogens is 482 g/mol. The van der Waals surface area contributed by atoms with Crippen LogP contribution >= 0.6 is 0 Å². The molecule has 0 unspecified atom stereocenters. The smallest absolute Gasteiger partial charge is 0.108 e. The Hall–Kier alpha value is -3.54. The van der Waals surface area contributed by atoms with E-state index in [1.165, 1.54) is 5.56 Å². The lowest BCUT2D eigenvalue weighted by atomic mass is 9.91. The second-order valence-electron chi connectivity index (χ2n) is 10.1. The molecule has 4 heteroatoms. The molecule has 200 valence electrons. The van der Waals surface area contributed by atoms with E-state index >= 15 is 0 Å². The van der Waals surface area contributed by atoms with Crippen LogP contribution in [0.4, 0.5) is 0 Å². The number of piperidine rings is 1. The minimum atomic E-state index is -0.244. The van der Waals surface area contributed by atoms with E-state index in [9.17, 15) is 0 Å². The zero-order valence-corrected chi connectivity index (χ0v) is 22.4. The molecule has 1 aliphatic heterocycles. The van der Waals surface area contributed by atoms with E-state index in [0.717, 1.165) is 35.4 Å². The summed E-state index contributed by atoms with van der Waals surface area (Å²) in [6.07, 6.45) is -0.485. The van der Waals surface area contributed by atoms with Gasteiger partial charge in [-0.2, -0.15) is 0 Å². The quantitative estimate of drug-likeness (QED) is 0.192. The third kappa shape index (κ3) is 7.75. The van der Waals surface area contributed by atoms with Gasteiger partial charge in [0.25, 0.3) is 0 Å². The Morgan fingerprint density at radius 3 is 1.59 bits per heavy atom. The number of nitrogens with zero attached hydrogens (tertiary/aromatic N) is 1. The molecule has 5 rings (SSSR count). The summed E-state index contributed by atoms with van der Waals surface area (Å²) in [5, 5.41) is 0. The fraction of sp³-hybridized carbons (Fsp3) is 0.257. The zero-order valence-electron chi connectivity index (χ0n) is 22.4. The van der Waals surface area contributed by atoms with Crippen molar-refractivity contribution in [1.82, 2.24) is 4.90 Å². The van der Waals surface area contributed by atoms with E-state index in [2.05, 4.69) is 78.2 Å². The number of benzene rings is 4. The number of likely N-dealkylation sites (tertiary alicyclic amines) is 1. The van der Waals surface area contributed by atoms with Crippen molar-refractivity contribution in [1.29, 1.82) is 0 Å². The van der Waals surface area contributed by atoms with Crippen LogP contribution in [0, 0.1) is 0 Å². The summed E-state index contributed by atoms with van der Waals surface area (Å²) < 4.78 is 19.6. The SMILES string of the molecule is C=C1CN(Cc2ccccc2)[C@@H](COCc2ccccc2)[C@H](OCc2ccccc2)[C@@H]1OCc1ccccc1. The Bertz CT molecular complexity index is 1260. The first-order chi connectivity index (χ1) is 19.3. The normalized spacial score (nSPS) is 19.7. The Morgan fingerprint density at radius 1 is 0.590 bits per heavy atom. The van der Waals surface area contributed by atoms with Crippen LogP contribution in [0.1, 0.15) is 22.3 Å². The average Bonchev–Trinajstić information content (AvgIpc) is 2.99. The molecule has 1 heterocycles. The maximum atomic E-state index is 6.72. The van der Waals surface area contributed by atoms with E-state index in [4.69, 9.17) is 14.2 Å². The lowest BCUT2D eigenvalue weighted by Gasteiger charge is -2.46. The van der Waals surface area contributed by atoms with Crippen molar-refractivity contribution in [2.45, 2.75) is 44.6 Å². The van der Waals surface area contributed by atoms with Crippen LogP contribution in [0.25, 0.3) is 0 Å². The first-order valence-electron chi connectivity index (χ1n) is 13.6. The third-order valence-corrected chi connectivity index (χ3v) is 7.14. The van der Waals surface area contributed by atoms with Gasteiger partial charge in [-0.3, -0.25) is 4.90 Å². The third-order valence-electron chi connectivity index (χ3n) is 7.14. The Balaban J connectivity index is 1.39. The molecule has 0 radical (unpaired) electrons. The molecular formula is C35H37NO3. The lowest BCUT2D eigenvalue weighted by Crippen LogP contribution is -2.58. The fourth-order valence-electron chi connectivity index (χ4n) is 5.11. The molecule has 0 N–H and O–H groups in total. The number of hydrogen-bond acceptors (Lipinski definition) is 4. The summed E-state index contributed by atoms with van der Waals surface area (Å²) in [6.45, 7) is 8.07. The van der Waals surface area contributed by atoms with Gasteiger partial charge in [-0.1, -0.05) is 128 Å². The second-order valence-corrected chi connectivity index (χ2v) is 10.1. The summed E-state index contributed by atoms with van der Waals surface area (Å²) in [4.78, 5) is 2.43. The molecule has 39 heavy (non-hydrogen) atoms. The van der Waals surface area contributed by atoms with Gasteiger partial charge in [0, 0.05) is 13.1 Å². The molecule has 3 atom stereocenters. The van der Waals surface area contributed by atoms with Crippen molar-refractivity contribution in [3.63, 3.8) is 0 Å². The van der Waals surface area contributed by atoms with E-state index in [-0.39, 0.29) is 18.2 Å². The highest BCUT2D eigenvalue weighted by molar-refractivity contribution is 5.21. The molecule has 0 aliphatic carbocycles. The van der Waals surface area contributed by atoms with Crippen LogP contribution in [-0.4, -0.2) is 36.3 Å². The zero-order chi connectivity index (χ0) is 26.7. The maximum absolute atomic E-state index is 6.72. The Morgan fingerprint density at radius 2 is 1.05 bits per heavy atom. The Kier molecular flexibility index (Phi) is 9.72. The Labute approximate surface area is 232 Å². The molecule has 0 spiro atoms. The highest BCUT2D eigenvalue weighted by Crippen LogP contribution is 2.30. The first kappa shape index (κ1) is 27.0. The van der Waals surface area contributed by atoms with Gasteiger partial charge in [0.05, 0.1) is 32.5 Å². The average molecular weight is 520 g/mol. The fourth-order valence-corrected chi connectivity index (χ4v) is 5.11. The molecule has 0 amide bonds. The van der Waals surface area contributed by atoms with Crippen LogP contribution in [-0.2, 0) is 40.6 Å². The molecule has 4 nitrogen and oxygen atoms in total. The van der Waals surface area contributed by atoms with Crippen LogP contribution in [0.2, 0.25) is 0 Å². The van der Waals surface area contributed by atoms with Gasteiger partial charge in [-0.05, 0) is 27.8 Å². The largest absolute Gasteiger partial charge is 0.375 e. The second kappa shape index (κ2) is 14.0. The van der Waals surface area contributed by atoms with Crippen molar-refractivity contribution in [2.75, 3.05) is 13.2 Å². The van der Waals surface area contributed by atoms with Crippen LogP contribution in [0.15, 0.2) is 133 Å². The van der Waals surface area contributed by atoms with Gasteiger partial charge in [-0.15, -0.1) is 0 Å². The molecule has 1 fully saturated rings. The van der Waals surface area contributed by atoms with E-state index < -0.39 is 0 Å². The number of hydrogen-bond donors (Lipinski definition) is 0. The van der Waals surface area contributed by atoms with Crippen molar-refractivity contribution in [2.24, 2.45) is 0 Å². The predicted molar refractivity (Wildman–Crippen MR) is 156 cm³/mol. The van der Waals surface area contributed by atoms with Gasteiger partial charge in [-0.25, -0.2) is 0 Å². The first-order valence-corrected chi connectivity index (χ1v) is 13.6. The summed E-state index contributed by atoms with van der Waals surface area (Å²) in [5.74, 6) is 0. The van der Waals surface area contributed by atoms with Gasteiger partial charge >= 0.3 is 0 Å². The number of rotatable bonds is 12. The lowest BCUT2D eigenvalue weighted by molar-refractivity contribution is -0.138. The molecule has 0 saturated carbocycles. The summed E-state index contributed by atoms with van der Waals surface area (Å²) >= 11 is 0. The minimum absolute atomic E-state index is 0.0103. The van der Waals surface area contributed by atoms with Crippen LogP contribution < -0.4 is 0 Å².